The first-order valence-corrected chi connectivity index (χ1v) is 16.1. The Morgan fingerprint density at radius 2 is 1.40 bits per heavy atom. The van der Waals surface area contributed by atoms with E-state index in [9.17, 15) is 43.2 Å². The second-order valence-corrected chi connectivity index (χ2v) is 13.7. The van der Waals surface area contributed by atoms with Crippen molar-refractivity contribution in [1.29, 1.82) is 5.53 Å². The molecule has 6 atom stereocenters. The van der Waals surface area contributed by atoms with Gasteiger partial charge in [-0.25, -0.2) is 0 Å². The van der Waals surface area contributed by atoms with Crippen LogP contribution >= 0.6 is 24.1 Å². The van der Waals surface area contributed by atoms with Crippen LogP contribution in [-0.4, -0.2) is 69.2 Å². The third-order valence-electron chi connectivity index (χ3n) is 8.28. The largest absolute Gasteiger partial charge is 0.534 e. The maximum absolute atomic E-state index is 12.3. The zero-order chi connectivity index (χ0) is 35.8. The van der Waals surface area contributed by atoms with Gasteiger partial charge in [0.15, 0.2) is 0 Å². The average molecular weight is 694 g/mol. The minimum absolute atomic E-state index is 0.0405. The quantitative estimate of drug-likeness (QED) is 0.176. The Kier molecular flexibility index (Phi) is 11.1. The van der Waals surface area contributed by atoms with E-state index in [1.54, 1.807) is 0 Å². The van der Waals surface area contributed by atoms with Crippen molar-refractivity contribution in [1.82, 2.24) is 0 Å². The second-order valence-electron chi connectivity index (χ2n) is 10.6. The van der Waals surface area contributed by atoms with Gasteiger partial charge in [0.1, 0.15) is 11.5 Å². The van der Waals surface area contributed by atoms with Gasteiger partial charge in [-0.3, -0.25) is 0 Å². The molecule has 2 saturated carbocycles. The summed E-state index contributed by atoms with van der Waals surface area (Å²) in [7, 11) is -11.2. The standard InChI is InChI=1S/2C11H15F3O4S.2BHS/c2*1-10-5-4-8(6-7(10)2-3-9(10)15)18-19(16,17)11(12,13)14;2*1-2/h6-7,9,15H,2-5H2,1H3;4,7,9,15H,2-3,5-6H2,1H3;2*1H/t2*7?,9-,10-;;/m00../s1/i2*15T;2*1D. The number of aliphatic hydroxyl groups excluding tert-OH is 2. The van der Waals surface area contributed by atoms with Crippen LogP contribution < -0.4 is 0 Å². The van der Waals surface area contributed by atoms with Crippen LogP contribution in [0.25, 0.3) is 0 Å². The summed E-state index contributed by atoms with van der Waals surface area (Å²) in [5.41, 5.74) is -11.5. The minimum Gasteiger partial charge on any atom is -0.393 e. The van der Waals surface area contributed by atoms with Crippen molar-refractivity contribution in [3.63, 3.8) is 0 Å². The molecular weight excluding hydrogens is 656 g/mol. The molecule has 42 heavy (non-hydrogen) atoms. The van der Waals surface area contributed by atoms with Gasteiger partial charge in [0.2, 0.25) is 2.86 Å². The van der Waals surface area contributed by atoms with Gasteiger partial charge in [-0.15, -0.1) is 0 Å². The smallest absolute Gasteiger partial charge is 0.393 e. The van der Waals surface area contributed by atoms with Gasteiger partial charge in [0.05, 0.1) is 12.2 Å². The predicted molar refractivity (Wildman–Crippen MR) is 150 cm³/mol. The van der Waals surface area contributed by atoms with Crippen LogP contribution in [0.15, 0.2) is 23.7 Å². The maximum Gasteiger partial charge on any atom is 0.534 e. The Balaban J connectivity index is 0.000000393. The Labute approximate surface area is 259 Å². The number of aliphatic hydroxyl groups is 2. The molecule has 240 valence electrons. The van der Waals surface area contributed by atoms with Crippen LogP contribution in [0.3, 0.4) is 0 Å². The molecule has 2 unspecified atom stereocenters. The topological polar surface area (TPSA) is 127 Å². The molecule has 4 rings (SSSR count). The van der Waals surface area contributed by atoms with Gasteiger partial charge in [-0.05, 0) is 62.5 Å². The maximum atomic E-state index is 12.3. The number of halogens is 6. The van der Waals surface area contributed by atoms with Crippen molar-refractivity contribution in [3.05, 3.63) is 23.7 Å². The van der Waals surface area contributed by atoms with Crippen molar-refractivity contribution in [2.75, 3.05) is 0 Å². The zero-order valence-corrected chi connectivity index (χ0v) is 25.7. The molecule has 0 saturated heterocycles. The molecule has 20 heteroatoms. The Hall–Kier alpha value is -0.950. The van der Waals surface area contributed by atoms with Gasteiger partial charge in [-0.2, -0.15) is 43.2 Å². The number of alkyl halides is 6. The molecule has 0 radical (unpaired) electrons. The summed E-state index contributed by atoms with van der Waals surface area (Å²) in [5.74, 6) is -0.517. The molecule has 4 aliphatic carbocycles. The molecule has 0 aromatic rings. The first-order valence-electron chi connectivity index (χ1n) is 14.3. The van der Waals surface area contributed by atoms with E-state index in [-0.39, 0.29) is 59.2 Å². The first-order chi connectivity index (χ1) is 21.0. The molecule has 0 aromatic heterocycles. The van der Waals surface area contributed by atoms with Crippen molar-refractivity contribution in [3.8, 4) is 0 Å². The first kappa shape index (κ1) is 32.4. The van der Waals surface area contributed by atoms with E-state index in [0.717, 1.165) is 13.4 Å². The zero-order valence-electron chi connectivity index (χ0n) is 26.4. The van der Waals surface area contributed by atoms with E-state index in [1.807, 2.05) is 13.8 Å². The van der Waals surface area contributed by atoms with Crippen LogP contribution in [0.5, 0.6) is 0 Å². The van der Waals surface area contributed by atoms with Crippen LogP contribution in [0, 0.1) is 22.7 Å². The van der Waals surface area contributed by atoms with Gasteiger partial charge in [-0.1, -0.05) is 13.8 Å². The number of rotatable bonds is 6. The molecule has 0 bridgehead atoms. The number of allylic oxidation sites excluding steroid dienone is 4. The van der Waals surface area contributed by atoms with E-state index in [2.05, 4.69) is 42.7 Å². The third kappa shape index (κ3) is 8.61. The fourth-order valence-electron chi connectivity index (χ4n) is 5.63. The second kappa shape index (κ2) is 14.4. The van der Waals surface area contributed by atoms with E-state index >= 15 is 0 Å². The molecule has 0 amide bonds. The fraction of sp³-hybridized carbons (Fsp3) is 0.818. The summed E-state index contributed by atoms with van der Waals surface area (Å²) in [6.45, 7) is 5.46. The number of fused-ring (bicyclic) bond motifs is 2. The van der Waals surface area contributed by atoms with Crippen LogP contribution in [-0.2, 0) is 28.6 Å². The summed E-state index contributed by atoms with van der Waals surface area (Å²) in [6.07, 6.45) is 5.76. The summed E-state index contributed by atoms with van der Waals surface area (Å²) < 4.78 is 152. The molecule has 0 heterocycles. The fourth-order valence-corrected chi connectivity index (χ4v) is 6.66. The van der Waals surface area contributed by atoms with E-state index in [1.165, 1.54) is 12.2 Å². The van der Waals surface area contributed by atoms with Gasteiger partial charge in [0, 0.05) is 23.7 Å². The molecule has 0 aromatic carbocycles. The van der Waals surface area contributed by atoms with Crippen molar-refractivity contribution < 1.29 is 61.8 Å². The summed E-state index contributed by atoms with van der Waals surface area (Å²) >= 11 is 7.87. The van der Waals surface area contributed by atoms with Gasteiger partial charge < -0.3 is 18.6 Å². The van der Waals surface area contributed by atoms with Gasteiger partial charge >= 0.3 is 71.4 Å². The van der Waals surface area contributed by atoms with E-state index < -0.39 is 31.3 Å². The number of hydrogen-bond acceptors (Lipinski definition) is 10. The Bertz CT molecular complexity index is 1330. The molecule has 2 N–H and O–H groups in total. The average Bonchev–Trinajstić information content (AvgIpc) is 3.43. The molecular formula is C22H32B2F6O8S4. The Morgan fingerprint density at radius 1 is 0.929 bits per heavy atom. The molecule has 8 nitrogen and oxygen atoms in total. The summed E-state index contributed by atoms with van der Waals surface area (Å²) in [6, 6.07) is 0. The van der Waals surface area contributed by atoms with Crippen molar-refractivity contribution in [2.45, 2.75) is 88.4 Å². The minimum atomic E-state index is -5.60. The molecule has 4 aliphatic rings. The van der Waals surface area contributed by atoms with Crippen LogP contribution in [0.2, 0.25) is 0 Å². The summed E-state index contributed by atoms with van der Waals surface area (Å²) in [4.78, 5) is 0. The SMILES string of the molecule is [2H]B=S.[2H]B=S.[3H]O[C@H]1CCC2C=C(OS(=O)(=O)C(F)(F)F)CC[C@@]21C.[3H]O[C@H]1CCC2CC(OS(=O)(=O)C(F)(F)F)=CC[C@@]21C. The van der Waals surface area contributed by atoms with Crippen LogP contribution in [0.1, 0.15) is 65.2 Å². The monoisotopic (exact) mass is 694 g/mol. The van der Waals surface area contributed by atoms with Gasteiger partial charge in [0.25, 0.3) is 0 Å². The van der Waals surface area contributed by atoms with E-state index in [0.29, 0.717) is 38.5 Å². The van der Waals surface area contributed by atoms with E-state index in [4.69, 9.17) is 5.53 Å². The molecule has 0 aliphatic heterocycles. The van der Waals surface area contributed by atoms with Crippen LogP contribution in [0.4, 0.5) is 26.3 Å². The predicted octanol–water partition coefficient (Wildman–Crippen LogP) is 4.61. The Morgan fingerprint density at radius 3 is 1.90 bits per heavy atom. The molecule has 0 spiro atoms. The van der Waals surface area contributed by atoms with Crippen molar-refractivity contribution >= 4 is 57.7 Å². The third-order valence-corrected chi connectivity index (χ3v) is 10.3. The molecule has 2 fully saturated rings. The normalized spacial score (nSPS) is 33.4. The van der Waals surface area contributed by atoms with Crippen molar-refractivity contribution in [2.24, 2.45) is 22.7 Å². The summed E-state index contributed by atoms with van der Waals surface area (Å²) in [5, 5.41) is 9.31. The number of hydrogen-bond donors (Lipinski definition) is 2.